The predicted molar refractivity (Wildman–Crippen MR) is 106 cm³/mol. The molecular weight excluding hydrogens is 392 g/mol. The van der Waals surface area contributed by atoms with Crippen LogP contribution in [0.4, 0.5) is 10.6 Å². The van der Waals surface area contributed by atoms with Crippen molar-refractivity contribution >= 4 is 23.5 Å². The highest BCUT2D eigenvalue weighted by Gasteiger charge is 2.56. The van der Waals surface area contributed by atoms with E-state index in [-0.39, 0.29) is 18.2 Å². The minimum Gasteiger partial charge on any atom is -0.446 e. The van der Waals surface area contributed by atoms with Gasteiger partial charge in [0, 0.05) is 25.3 Å². The molecule has 1 aliphatic heterocycles. The molecule has 1 aromatic heterocycles. The van der Waals surface area contributed by atoms with Crippen molar-refractivity contribution in [2.24, 2.45) is 17.8 Å². The maximum absolute atomic E-state index is 12.8. The second kappa shape index (κ2) is 7.03. The highest BCUT2D eigenvalue weighted by Crippen LogP contribution is 2.56. The van der Waals surface area contributed by atoms with Crippen LogP contribution < -0.4 is 5.32 Å². The molecule has 4 bridgehead atoms. The van der Waals surface area contributed by atoms with E-state index in [4.69, 9.17) is 21.6 Å². The van der Waals surface area contributed by atoms with Gasteiger partial charge in [0.25, 0.3) is 0 Å². The summed E-state index contributed by atoms with van der Waals surface area (Å²) in [6, 6.07) is 3.64. The Morgan fingerprint density at radius 2 is 2.14 bits per heavy atom. The standard InChI is InChI=1S/C21H25ClN4O3/c22-17-5-13(9-23)10-24-19(17)25-16-1-2-26(11-16)20(27)29-18-14-3-12-4-15(18)8-21(28,6-12)7-14/h5,10,12,14-16,18,28H,1-4,6-8,11H2,(H,24,25). The van der Waals surface area contributed by atoms with Crippen LogP contribution in [-0.4, -0.2) is 51.9 Å². The molecule has 8 heteroatoms. The number of likely N-dealkylation sites (tertiary alicyclic amines) is 1. The van der Waals surface area contributed by atoms with E-state index in [2.05, 4.69) is 10.3 Å². The summed E-state index contributed by atoms with van der Waals surface area (Å²) in [7, 11) is 0. The molecule has 2 N–H and O–H groups in total. The van der Waals surface area contributed by atoms with E-state index in [0.717, 1.165) is 38.5 Å². The van der Waals surface area contributed by atoms with Crippen molar-refractivity contribution in [1.29, 1.82) is 5.26 Å². The van der Waals surface area contributed by atoms with E-state index in [1.54, 1.807) is 11.0 Å². The fraction of sp³-hybridized carbons (Fsp3) is 0.667. The van der Waals surface area contributed by atoms with Crippen molar-refractivity contribution in [1.82, 2.24) is 9.88 Å². The van der Waals surface area contributed by atoms with Crippen LogP contribution in [0.15, 0.2) is 12.3 Å². The van der Waals surface area contributed by atoms with Gasteiger partial charge in [0.15, 0.2) is 0 Å². The molecule has 5 fully saturated rings. The summed E-state index contributed by atoms with van der Waals surface area (Å²) in [5.74, 6) is 1.72. The molecule has 6 rings (SSSR count). The van der Waals surface area contributed by atoms with Crippen LogP contribution in [-0.2, 0) is 4.74 Å². The van der Waals surface area contributed by atoms with Gasteiger partial charge in [-0.2, -0.15) is 5.26 Å². The van der Waals surface area contributed by atoms with Gasteiger partial charge in [-0.25, -0.2) is 9.78 Å². The number of carbonyl (C=O) groups excluding carboxylic acids is 1. The van der Waals surface area contributed by atoms with Crippen molar-refractivity contribution in [3.63, 3.8) is 0 Å². The molecule has 3 unspecified atom stereocenters. The first-order chi connectivity index (χ1) is 13.9. The fourth-order valence-corrected chi connectivity index (χ4v) is 6.38. The number of aromatic nitrogens is 1. The van der Waals surface area contributed by atoms with Crippen LogP contribution >= 0.6 is 11.6 Å². The lowest BCUT2D eigenvalue weighted by Crippen LogP contribution is -2.58. The van der Waals surface area contributed by atoms with Gasteiger partial charge in [0.05, 0.1) is 16.2 Å². The van der Waals surface area contributed by atoms with E-state index < -0.39 is 5.60 Å². The first-order valence-electron chi connectivity index (χ1n) is 10.4. The van der Waals surface area contributed by atoms with Crippen molar-refractivity contribution in [3.05, 3.63) is 22.8 Å². The Balaban J connectivity index is 1.18. The number of ether oxygens (including phenoxy) is 1. The number of hydrogen-bond donors (Lipinski definition) is 2. The number of amides is 1. The topological polar surface area (TPSA) is 98.5 Å². The van der Waals surface area contributed by atoms with Gasteiger partial charge in [0.2, 0.25) is 0 Å². The Bertz CT molecular complexity index is 856. The van der Waals surface area contributed by atoms with Crippen LogP contribution in [0.5, 0.6) is 0 Å². The van der Waals surface area contributed by atoms with Crippen LogP contribution in [0, 0.1) is 29.1 Å². The number of halogens is 1. The predicted octanol–water partition coefficient (Wildman–Crippen LogP) is 3.17. The van der Waals surface area contributed by atoms with Crippen molar-refractivity contribution in [2.75, 3.05) is 18.4 Å². The summed E-state index contributed by atoms with van der Waals surface area (Å²) in [4.78, 5) is 18.8. The monoisotopic (exact) mass is 416 g/mol. The van der Waals surface area contributed by atoms with E-state index >= 15 is 0 Å². The number of pyridine rings is 1. The first kappa shape index (κ1) is 19.0. The summed E-state index contributed by atoms with van der Waals surface area (Å²) in [5, 5.41) is 23.3. The second-order valence-electron chi connectivity index (χ2n) is 9.28. The number of nitriles is 1. The smallest absolute Gasteiger partial charge is 0.410 e. The third kappa shape index (κ3) is 3.53. The molecule has 4 aliphatic carbocycles. The first-order valence-corrected chi connectivity index (χ1v) is 10.8. The lowest BCUT2D eigenvalue weighted by molar-refractivity contribution is -0.177. The highest BCUT2D eigenvalue weighted by molar-refractivity contribution is 6.33. The van der Waals surface area contributed by atoms with Gasteiger partial charge in [-0.1, -0.05) is 11.6 Å². The average Bonchev–Trinajstić information content (AvgIpc) is 3.13. The SMILES string of the molecule is N#Cc1cnc(NC2CCN(C(=O)OC3C4CC5CC3CC(O)(C5)C4)C2)c(Cl)c1. The van der Waals surface area contributed by atoms with E-state index in [1.807, 2.05) is 6.07 Å². The molecule has 0 radical (unpaired) electrons. The maximum Gasteiger partial charge on any atom is 0.410 e. The lowest BCUT2D eigenvalue weighted by Gasteiger charge is -2.57. The van der Waals surface area contributed by atoms with Crippen LogP contribution in [0.25, 0.3) is 0 Å². The average molecular weight is 417 g/mol. The Labute approximate surface area is 175 Å². The molecule has 1 aromatic rings. The minimum atomic E-state index is -0.518. The molecule has 2 heterocycles. The van der Waals surface area contributed by atoms with Gasteiger partial charge >= 0.3 is 6.09 Å². The minimum absolute atomic E-state index is 0.0414. The summed E-state index contributed by atoms with van der Waals surface area (Å²) in [6.45, 7) is 1.16. The van der Waals surface area contributed by atoms with E-state index in [9.17, 15) is 9.90 Å². The van der Waals surface area contributed by atoms with Gasteiger partial charge in [-0.05, 0) is 62.3 Å². The number of carbonyl (C=O) groups is 1. The van der Waals surface area contributed by atoms with E-state index in [1.165, 1.54) is 6.20 Å². The molecule has 4 saturated carbocycles. The Morgan fingerprint density at radius 1 is 1.38 bits per heavy atom. The second-order valence-corrected chi connectivity index (χ2v) is 9.69. The Kier molecular flexibility index (Phi) is 4.60. The third-order valence-corrected chi connectivity index (χ3v) is 7.44. The molecule has 7 nitrogen and oxygen atoms in total. The highest BCUT2D eigenvalue weighted by atomic mass is 35.5. The molecular formula is C21H25ClN4O3. The van der Waals surface area contributed by atoms with Crippen LogP contribution in [0.1, 0.15) is 44.1 Å². The molecule has 154 valence electrons. The summed E-state index contributed by atoms with van der Waals surface area (Å²) < 4.78 is 5.98. The molecule has 1 amide bonds. The largest absolute Gasteiger partial charge is 0.446 e. The van der Waals surface area contributed by atoms with Gasteiger partial charge < -0.3 is 20.1 Å². The van der Waals surface area contributed by atoms with Crippen LogP contribution in [0.2, 0.25) is 5.02 Å². The van der Waals surface area contributed by atoms with Gasteiger partial charge in [0.1, 0.15) is 18.0 Å². The Morgan fingerprint density at radius 3 is 2.79 bits per heavy atom. The fourth-order valence-electron chi connectivity index (χ4n) is 6.16. The van der Waals surface area contributed by atoms with Gasteiger partial charge in [-0.15, -0.1) is 0 Å². The Hall–Kier alpha value is -2.04. The summed E-state index contributed by atoms with van der Waals surface area (Å²) >= 11 is 6.19. The molecule has 29 heavy (non-hydrogen) atoms. The lowest BCUT2D eigenvalue weighted by atomic mass is 9.53. The number of nitrogens with one attached hydrogen (secondary N) is 1. The molecule has 1 saturated heterocycles. The maximum atomic E-state index is 12.8. The molecule has 0 aromatic carbocycles. The summed E-state index contributed by atoms with van der Waals surface area (Å²) in [5.41, 5.74) is -0.104. The zero-order valence-electron chi connectivity index (χ0n) is 16.2. The van der Waals surface area contributed by atoms with Crippen molar-refractivity contribution in [3.8, 4) is 6.07 Å². The quantitative estimate of drug-likeness (QED) is 0.785. The van der Waals surface area contributed by atoms with E-state index in [0.29, 0.717) is 47.2 Å². The molecule has 3 atom stereocenters. The van der Waals surface area contributed by atoms with Gasteiger partial charge in [-0.3, -0.25) is 0 Å². The number of hydrogen-bond acceptors (Lipinski definition) is 6. The number of rotatable bonds is 3. The zero-order chi connectivity index (χ0) is 20.2. The normalized spacial score (nSPS) is 37.4. The zero-order valence-corrected chi connectivity index (χ0v) is 16.9. The molecule has 5 aliphatic rings. The van der Waals surface area contributed by atoms with Crippen LogP contribution in [0.3, 0.4) is 0 Å². The summed E-state index contributed by atoms with van der Waals surface area (Å²) in [6.07, 6.45) is 6.57. The van der Waals surface area contributed by atoms with Crippen molar-refractivity contribution < 1.29 is 14.6 Å². The number of anilines is 1. The number of aliphatic hydroxyl groups is 1. The molecule has 0 spiro atoms. The number of nitrogens with zero attached hydrogens (tertiary/aromatic N) is 3. The third-order valence-electron chi connectivity index (χ3n) is 7.15. The van der Waals surface area contributed by atoms with Crippen molar-refractivity contribution in [2.45, 2.75) is 56.3 Å².